The van der Waals surface area contributed by atoms with Crippen LogP contribution in [-0.4, -0.2) is 34.4 Å². The zero-order chi connectivity index (χ0) is 13.2. The molecule has 1 aromatic heterocycles. The second kappa shape index (κ2) is 5.67. The van der Waals surface area contributed by atoms with E-state index < -0.39 is 0 Å². The quantitative estimate of drug-likeness (QED) is 0.793. The predicted octanol–water partition coefficient (Wildman–Crippen LogP) is 2.72. The zero-order valence-electron chi connectivity index (χ0n) is 11.6. The Bertz CT molecular complexity index is 471. The van der Waals surface area contributed by atoms with Gasteiger partial charge in [-0.3, -0.25) is 4.90 Å². The van der Waals surface area contributed by atoms with Crippen LogP contribution in [0.3, 0.4) is 0 Å². The molecule has 2 aliphatic rings. The van der Waals surface area contributed by atoms with Gasteiger partial charge in [-0.15, -0.1) is 0 Å². The lowest BCUT2D eigenvalue weighted by Crippen LogP contribution is -2.20. The van der Waals surface area contributed by atoms with Gasteiger partial charge in [0.2, 0.25) is 5.89 Å². The van der Waals surface area contributed by atoms with Gasteiger partial charge in [0.15, 0.2) is 5.82 Å². The van der Waals surface area contributed by atoms with E-state index >= 15 is 0 Å². The van der Waals surface area contributed by atoms with Crippen molar-refractivity contribution in [2.45, 2.75) is 32.1 Å². The van der Waals surface area contributed by atoms with Crippen molar-refractivity contribution in [1.82, 2.24) is 15.0 Å². The van der Waals surface area contributed by atoms with E-state index in [4.69, 9.17) is 4.52 Å². The van der Waals surface area contributed by atoms with Crippen molar-refractivity contribution in [1.29, 1.82) is 0 Å². The van der Waals surface area contributed by atoms with Crippen LogP contribution in [-0.2, 0) is 12.3 Å². The van der Waals surface area contributed by atoms with Gasteiger partial charge in [-0.1, -0.05) is 16.8 Å². The minimum Gasteiger partial charge on any atom is -0.338 e. The van der Waals surface area contributed by atoms with E-state index in [-0.39, 0.29) is 0 Å². The normalized spacial score (nSPS) is 27.4. The summed E-state index contributed by atoms with van der Waals surface area (Å²) in [5, 5.41) is 4.01. The summed E-state index contributed by atoms with van der Waals surface area (Å²) in [7, 11) is 0. The van der Waals surface area contributed by atoms with Gasteiger partial charge in [0.1, 0.15) is 0 Å². The molecule has 2 heterocycles. The van der Waals surface area contributed by atoms with Crippen molar-refractivity contribution in [3.8, 4) is 0 Å². The van der Waals surface area contributed by atoms with Gasteiger partial charge in [-0.05, 0) is 37.9 Å². The number of hydrogen-bond acceptors (Lipinski definition) is 5. The molecule has 0 N–H and O–H groups in total. The van der Waals surface area contributed by atoms with Crippen molar-refractivity contribution < 1.29 is 4.52 Å². The average molecular weight is 279 g/mol. The maximum Gasteiger partial charge on any atom is 0.240 e. The van der Waals surface area contributed by atoms with E-state index in [1.165, 1.54) is 25.9 Å². The molecule has 3 rings (SSSR count). The summed E-state index contributed by atoms with van der Waals surface area (Å²) in [4.78, 5) is 6.91. The molecule has 0 spiro atoms. The van der Waals surface area contributed by atoms with E-state index in [9.17, 15) is 0 Å². The molecule has 0 amide bonds. The number of allylic oxidation sites excluding steroid dienone is 2. The third kappa shape index (κ3) is 3.03. The predicted molar refractivity (Wildman–Crippen MR) is 76.8 cm³/mol. The van der Waals surface area contributed by atoms with Crippen molar-refractivity contribution in [3.63, 3.8) is 0 Å². The minimum atomic E-state index is 0.771. The standard InChI is InChI=1S/C14H21N3OS/c1-10-3-4-11-6-17(7-12(11)5-10)8-14-15-13(9-19-2)16-18-14/h3,11-12H,4-9H2,1-2H3/t11-,12+/m1/s1. The Kier molecular flexibility index (Phi) is 3.93. The molecule has 4 nitrogen and oxygen atoms in total. The van der Waals surface area contributed by atoms with Crippen molar-refractivity contribution in [3.05, 3.63) is 23.4 Å². The molecule has 1 aromatic rings. The Morgan fingerprint density at radius 1 is 1.42 bits per heavy atom. The van der Waals surface area contributed by atoms with Crippen LogP contribution < -0.4 is 0 Å². The van der Waals surface area contributed by atoms with Crippen LogP contribution >= 0.6 is 11.8 Å². The first-order valence-corrected chi connectivity index (χ1v) is 8.32. The van der Waals surface area contributed by atoms with Crippen LogP contribution in [0.25, 0.3) is 0 Å². The Morgan fingerprint density at radius 3 is 3.11 bits per heavy atom. The maximum atomic E-state index is 5.32. The van der Waals surface area contributed by atoms with Crippen molar-refractivity contribution in [2.75, 3.05) is 19.3 Å². The van der Waals surface area contributed by atoms with Gasteiger partial charge in [-0.2, -0.15) is 16.7 Å². The molecule has 2 atom stereocenters. The van der Waals surface area contributed by atoms with Gasteiger partial charge in [0.05, 0.1) is 12.3 Å². The molecule has 1 aliphatic carbocycles. The van der Waals surface area contributed by atoms with Crippen LogP contribution in [0.2, 0.25) is 0 Å². The molecule has 104 valence electrons. The lowest BCUT2D eigenvalue weighted by Gasteiger charge is -2.22. The first kappa shape index (κ1) is 13.2. The van der Waals surface area contributed by atoms with Crippen molar-refractivity contribution in [2.24, 2.45) is 11.8 Å². The SMILES string of the molecule is CSCc1noc(CN2C[C@H]3CC=C(C)C[C@H]3C2)n1. The molecule has 1 aliphatic heterocycles. The number of aromatic nitrogens is 2. The highest BCUT2D eigenvalue weighted by molar-refractivity contribution is 7.97. The first-order chi connectivity index (χ1) is 9.24. The lowest BCUT2D eigenvalue weighted by atomic mass is 9.83. The van der Waals surface area contributed by atoms with E-state index in [1.807, 2.05) is 0 Å². The molecule has 1 fully saturated rings. The van der Waals surface area contributed by atoms with Gasteiger partial charge < -0.3 is 4.52 Å². The Balaban J connectivity index is 1.57. The summed E-state index contributed by atoms with van der Waals surface area (Å²) >= 11 is 1.72. The summed E-state index contributed by atoms with van der Waals surface area (Å²) in [5.74, 6) is 4.08. The summed E-state index contributed by atoms with van der Waals surface area (Å²) in [6, 6.07) is 0. The fourth-order valence-corrected chi connectivity index (χ4v) is 3.62. The average Bonchev–Trinajstić information content (AvgIpc) is 2.96. The van der Waals surface area contributed by atoms with E-state index in [0.29, 0.717) is 0 Å². The van der Waals surface area contributed by atoms with E-state index in [2.05, 4.69) is 34.3 Å². The molecule has 0 aromatic carbocycles. The minimum absolute atomic E-state index is 0.771. The maximum absolute atomic E-state index is 5.32. The summed E-state index contributed by atoms with van der Waals surface area (Å²) < 4.78 is 5.32. The monoisotopic (exact) mass is 279 g/mol. The lowest BCUT2D eigenvalue weighted by molar-refractivity contribution is 0.257. The fraction of sp³-hybridized carbons (Fsp3) is 0.714. The number of thioether (sulfide) groups is 1. The molecule has 0 unspecified atom stereocenters. The van der Waals surface area contributed by atoms with E-state index in [1.54, 1.807) is 17.3 Å². The first-order valence-electron chi connectivity index (χ1n) is 6.93. The summed E-state index contributed by atoms with van der Waals surface area (Å²) in [6.07, 6.45) is 6.97. The summed E-state index contributed by atoms with van der Waals surface area (Å²) in [5.41, 5.74) is 1.56. The zero-order valence-corrected chi connectivity index (χ0v) is 12.4. The number of nitrogens with zero attached hydrogens (tertiary/aromatic N) is 3. The number of rotatable bonds is 4. The smallest absolute Gasteiger partial charge is 0.240 e. The third-order valence-electron chi connectivity index (χ3n) is 4.15. The van der Waals surface area contributed by atoms with Gasteiger partial charge in [-0.25, -0.2) is 0 Å². The second-order valence-corrected chi connectivity index (χ2v) is 6.61. The topological polar surface area (TPSA) is 42.2 Å². The third-order valence-corrected chi connectivity index (χ3v) is 4.69. The molecule has 0 saturated carbocycles. The summed E-state index contributed by atoms with van der Waals surface area (Å²) in [6.45, 7) is 5.42. The van der Waals surface area contributed by atoms with Crippen LogP contribution in [0.4, 0.5) is 0 Å². The van der Waals surface area contributed by atoms with Crippen LogP contribution in [0.15, 0.2) is 16.2 Å². The van der Waals surface area contributed by atoms with Crippen molar-refractivity contribution >= 4 is 11.8 Å². The highest BCUT2D eigenvalue weighted by Crippen LogP contribution is 2.36. The highest BCUT2D eigenvalue weighted by atomic mass is 32.2. The highest BCUT2D eigenvalue weighted by Gasteiger charge is 2.34. The number of fused-ring (bicyclic) bond motifs is 1. The molecule has 5 heteroatoms. The van der Waals surface area contributed by atoms with Crippen LogP contribution in [0.1, 0.15) is 31.5 Å². The fourth-order valence-electron chi connectivity index (χ4n) is 3.25. The van der Waals surface area contributed by atoms with Crippen LogP contribution in [0, 0.1) is 11.8 Å². The largest absolute Gasteiger partial charge is 0.338 e. The van der Waals surface area contributed by atoms with Gasteiger partial charge in [0, 0.05) is 13.1 Å². The van der Waals surface area contributed by atoms with Crippen LogP contribution in [0.5, 0.6) is 0 Å². The molecule has 19 heavy (non-hydrogen) atoms. The molecule has 1 saturated heterocycles. The number of hydrogen-bond donors (Lipinski definition) is 0. The Labute approximate surface area is 118 Å². The molecule has 0 radical (unpaired) electrons. The molecular weight excluding hydrogens is 258 g/mol. The molecular formula is C14H21N3OS. The second-order valence-electron chi connectivity index (χ2n) is 5.74. The Morgan fingerprint density at radius 2 is 2.26 bits per heavy atom. The Hall–Kier alpha value is -0.810. The molecule has 0 bridgehead atoms. The van der Waals surface area contributed by atoms with Gasteiger partial charge >= 0.3 is 0 Å². The number of likely N-dealkylation sites (tertiary alicyclic amines) is 1. The van der Waals surface area contributed by atoms with E-state index in [0.717, 1.165) is 35.8 Å². The van der Waals surface area contributed by atoms with Gasteiger partial charge in [0.25, 0.3) is 0 Å².